The lowest BCUT2D eigenvalue weighted by atomic mass is 10.1. The molecule has 0 radical (unpaired) electrons. The number of nitrogens with zero attached hydrogens (tertiary/aromatic N) is 1. The molecule has 2 rings (SSSR count). The van der Waals surface area contributed by atoms with Crippen molar-refractivity contribution in [2.45, 2.75) is 24.5 Å². The van der Waals surface area contributed by atoms with Crippen molar-refractivity contribution in [2.24, 2.45) is 0 Å². The molecule has 1 unspecified atom stereocenters. The Kier molecular flexibility index (Phi) is 4.73. The number of amides is 1. The highest BCUT2D eigenvalue weighted by Crippen LogP contribution is 2.37. The van der Waals surface area contributed by atoms with E-state index in [9.17, 15) is 4.79 Å². The Morgan fingerprint density at radius 2 is 2.42 bits per heavy atom. The Morgan fingerprint density at radius 3 is 3.05 bits per heavy atom. The van der Waals surface area contributed by atoms with Crippen molar-refractivity contribution in [3.8, 4) is 0 Å². The van der Waals surface area contributed by atoms with E-state index < -0.39 is 0 Å². The topological polar surface area (TPSA) is 54.0 Å². The molecule has 4 nitrogen and oxygen atoms in total. The van der Waals surface area contributed by atoms with Crippen LogP contribution in [0, 0.1) is 0 Å². The first-order valence-electron chi connectivity index (χ1n) is 6.29. The second-order valence-corrected chi connectivity index (χ2v) is 7.48. The van der Waals surface area contributed by atoms with Crippen LogP contribution in [0.1, 0.15) is 30.1 Å². The Labute approximate surface area is 126 Å². The number of anilines is 1. The molecular formula is C13H18BrN3OS. The largest absolute Gasteiger partial charge is 0.372 e. The van der Waals surface area contributed by atoms with Crippen molar-refractivity contribution in [1.82, 2.24) is 10.3 Å². The second-order valence-electron chi connectivity index (χ2n) is 4.88. The van der Waals surface area contributed by atoms with Gasteiger partial charge in [0.15, 0.2) is 0 Å². The zero-order valence-corrected chi connectivity index (χ0v) is 13.5. The second kappa shape index (κ2) is 6.13. The van der Waals surface area contributed by atoms with E-state index in [0.717, 1.165) is 10.9 Å². The van der Waals surface area contributed by atoms with E-state index in [1.54, 1.807) is 19.3 Å². The number of thioether (sulfide) groups is 1. The van der Waals surface area contributed by atoms with Gasteiger partial charge in [0.25, 0.3) is 5.91 Å². The maximum Gasteiger partial charge on any atom is 0.255 e. The lowest BCUT2D eigenvalue weighted by Crippen LogP contribution is -2.37. The van der Waals surface area contributed by atoms with Crippen LogP contribution >= 0.6 is 27.7 Å². The number of halogens is 1. The molecule has 2 heterocycles. The molecule has 0 spiro atoms. The van der Waals surface area contributed by atoms with Gasteiger partial charge in [-0.2, -0.15) is 11.8 Å². The number of pyridine rings is 1. The van der Waals surface area contributed by atoms with E-state index >= 15 is 0 Å². The lowest BCUT2D eigenvalue weighted by Gasteiger charge is -2.23. The summed E-state index contributed by atoms with van der Waals surface area (Å²) in [6, 6.07) is 1.79. The summed E-state index contributed by atoms with van der Waals surface area (Å²) in [4.78, 5) is 16.4. The van der Waals surface area contributed by atoms with E-state index in [1.807, 2.05) is 11.8 Å². The highest BCUT2D eigenvalue weighted by atomic mass is 79.9. The van der Waals surface area contributed by atoms with Crippen molar-refractivity contribution in [3.05, 3.63) is 22.3 Å². The molecular weight excluding hydrogens is 326 g/mol. The SMILES string of the molecule is CNc1ncc(Br)cc1C(=O)NCC1(C)CCCS1. The number of nitrogens with one attached hydrogen (secondary N) is 2. The third-order valence-corrected chi connectivity index (χ3v) is 5.23. The first kappa shape index (κ1) is 14.7. The van der Waals surface area contributed by atoms with Crippen LogP contribution in [0.4, 0.5) is 5.82 Å². The van der Waals surface area contributed by atoms with Gasteiger partial charge in [-0.25, -0.2) is 4.98 Å². The number of carbonyl (C=O) groups is 1. The minimum atomic E-state index is -0.0770. The number of rotatable bonds is 4. The smallest absolute Gasteiger partial charge is 0.255 e. The van der Waals surface area contributed by atoms with Gasteiger partial charge >= 0.3 is 0 Å². The van der Waals surface area contributed by atoms with Crippen LogP contribution in [0.2, 0.25) is 0 Å². The highest BCUT2D eigenvalue weighted by Gasteiger charge is 2.30. The minimum Gasteiger partial charge on any atom is -0.372 e. The number of hydrogen-bond acceptors (Lipinski definition) is 4. The van der Waals surface area contributed by atoms with Gasteiger partial charge in [-0.15, -0.1) is 0 Å². The van der Waals surface area contributed by atoms with E-state index in [1.165, 1.54) is 12.2 Å². The van der Waals surface area contributed by atoms with Crippen LogP contribution in [-0.2, 0) is 0 Å². The fraction of sp³-hybridized carbons (Fsp3) is 0.538. The fourth-order valence-electron chi connectivity index (χ4n) is 2.15. The molecule has 0 aromatic carbocycles. The van der Waals surface area contributed by atoms with E-state index in [-0.39, 0.29) is 10.7 Å². The van der Waals surface area contributed by atoms with Crippen LogP contribution < -0.4 is 10.6 Å². The summed E-state index contributed by atoms with van der Waals surface area (Å²) < 4.78 is 0.979. The summed E-state index contributed by atoms with van der Waals surface area (Å²) in [5, 5.41) is 5.97. The fourth-order valence-corrected chi connectivity index (χ4v) is 3.73. The molecule has 1 aliphatic rings. The van der Waals surface area contributed by atoms with E-state index in [0.29, 0.717) is 17.9 Å². The number of hydrogen-bond donors (Lipinski definition) is 2. The maximum atomic E-state index is 12.3. The van der Waals surface area contributed by atoms with Crippen LogP contribution in [-0.4, -0.2) is 35.0 Å². The highest BCUT2D eigenvalue weighted by molar-refractivity contribution is 9.10. The van der Waals surface area contributed by atoms with Crippen LogP contribution in [0.3, 0.4) is 0 Å². The number of aromatic nitrogens is 1. The third-order valence-electron chi connectivity index (χ3n) is 3.26. The Hall–Kier alpha value is -0.750. The zero-order valence-electron chi connectivity index (χ0n) is 11.1. The summed E-state index contributed by atoms with van der Waals surface area (Å²) in [5.41, 5.74) is 0.573. The summed E-state index contributed by atoms with van der Waals surface area (Å²) in [7, 11) is 1.77. The van der Waals surface area contributed by atoms with E-state index in [2.05, 4.69) is 38.5 Å². The molecule has 0 saturated carbocycles. The molecule has 0 bridgehead atoms. The quantitative estimate of drug-likeness (QED) is 0.882. The average molecular weight is 344 g/mol. The van der Waals surface area contributed by atoms with Crippen molar-refractivity contribution < 1.29 is 4.79 Å². The summed E-state index contributed by atoms with van der Waals surface area (Å²) >= 11 is 5.29. The molecule has 1 aliphatic heterocycles. The Bertz CT molecular complexity index is 475. The molecule has 1 saturated heterocycles. The van der Waals surface area contributed by atoms with Crippen molar-refractivity contribution in [3.63, 3.8) is 0 Å². The Balaban J connectivity index is 2.05. The predicted octanol–water partition coefficient (Wildman–Crippen LogP) is 2.90. The molecule has 2 N–H and O–H groups in total. The summed E-state index contributed by atoms with van der Waals surface area (Å²) in [6.07, 6.45) is 4.07. The monoisotopic (exact) mass is 343 g/mol. The maximum absolute atomic E-state index is 12.3. The number of carbonyl (C=O) groups excluding carboxylic acids is 1. The lowest BCUT2D eigenvalue weighted by molar-refractivity contribution is 0.0950. The Morgan fingerprint density at radius 1 is 1.63 bits per heavy atom. The molecule has 19 heavy (non-hydrogen) atoms. The molecule has 6 heteroatoms. The molecule has 1 aromatic rings. The van der Waals surface area contributed by atoms with Gasteiger partial charge < -0.3 is 10.6 Å². The summed E-state index contributed by atoms with van der Waals surface area (Å²) in [6.45, 7) is 2.91. The third kappa shape index (κ3) is 3.63. The summed E-state index contributed by atoms with van der Waals surface area (Å²) in [5.74, 6) is 1.71. The predicted molar refractivity (Wildman–Crippen MR) is 83.9 cm³/mol. The molecule has 1 fully saturated rings. The molecule has 1 atom stereocenters. The van der Waals surface area contributed by atoms with Gasteiger partial charge in [-0.3, -0.25) is 4.79 Å². The van der Waals surface area contributed by atoms with Gasteiger partial charge in [0.05, 0.1) is 5.56 Å². The molecule has 1 aromatic heterocycles. The van der Waals surface area contributed by atoms with Gasteiger partial charge in [0.2, 0.25) is 0 Å². The molecule has 104 valence electrons. The van der Waals surface area contributed by atoms with Gasteiger partial charge in [-0.05, 0) is 47.5 Å². The standard InChI is InChI=1S/C13H18BrN3OS/c1-13(4-3-5-19-13)8-17-12(18)10-6-9(14)7-16-11(10)15-2/h6-7H,3-5,8H2,1-2H3,(H,15,16)(H,17,18). The van der Waals surface area contributed by atoms with Crippen molar-refractivity contribution in [1.29, 1.82) is 0 Å². The van der Waals surface area contributed by atoms with Gasteiger partial charge in [0, 0.05) is 29.0 Å². The van der Waals surface area contributed by atoms with E-state index in [4.69, 9.17) is 0 Å². The van der Waals surface area contributed by atoms with Crippen molar-refractivity contribution in [2.75, 3.05) is 24.7 Å². The van der Waals surface area contributed by atoms with Crippen LogP contribution in [0.25, 0.3) is 0 Å². The average Bonchev–Trinajstić information content (AvgIpc) is 2.83. The normalized spacial score (nSPS) is 22.3. The van der Waals surface area contributed by atoms with Gasteiger partial charge in [0.1, 0.15) is 5.82 Å². The van der Waals surface area contributed by atoms with Crippen LogP contribution in [0.5, 0.6) is 0 Å². The van der Waals surface area contributed by atoms with Crippen molar-refractivity contribution >= 4 is 39.4 Å². The van der Waals surface area contributed by atoms with Crippen LogP contribution in [0.15, 0.2) is 16.7 Å². The van der Waals surface area contributed by atoms with Gasteiger partial charge in [-0.1, -0.05) is 0 Å². The zero-order chi connectivity index (χ0) is 13.9. The molecule has 0 aliphatic carbocycles. The first-order valence-corrected chi connectivity index (χ1v) is 8.07. The minimum absolute atomic E-state index is 0.0770. The molecule has 1 amide bonds. The first-order chi connectivity index (χ1) is 9.04.